The summed E-state index contributed by atoms with van der Waals surface area (Å²) in [5.41, 5.74) is 7.16. The van der Waals surface area contributed by atoms with Crippen molar-refractivity contribution in [3.8, 4) is 45.2 Å². The van der Waals surface area contributed by atoms with E-state index < -0.39 is 0 Å². The molecule has 46 heavy (non-hydrogen) atoms. The van der Waals surface area contributed by atoms with Crippen molar-refractivity contribution in [2.45, 2.75) is 26.9 Å². The lowest BCUT2D eigenvalue weighted by molar-refractivity contribution is 0.824. The first kappa shape index (κ1) is 28.8. The van der Waals surface area contributed by atoms with Gasteiger partial charge in [-0.2, -0.15) is 21.0 Å². The van der Waals surface area contributed by atoms with Gasteiger partial charge in [0.05, 0.1) is 0 Å². The van der Waals surface area contributed by atoms with Crippen molar-refractivity contribution in [1.29, 1.82) is 21.0 Å². The number of rotatable bonds is 6. The molecule has 0 radical (unpaired) electrons. The molecule has 0 N–H and O–H groups in total. The molecule has 4 heterocycles. The molecule has 8 heteroatoms. The summed E-state index contributed by atoms with van der Waals surface area (Å²) in [5, 5.41) is 41.4. The van der Waals surface area contributed by atoms with Crippen LogP contribution in [-0.4, -0.2) is 9.13 Å². The number of thiophene rings is 2. The van der Waals surface area contributed by atoms with Gasteiger partial charge in [0.2, 0.25) is 0 Å². The van der Waals surface area contributed by atoms with E-state index in [2.05, 4.69) is 71.5 Å². The number of hydrogen-bond donors (Lipinski definition) is 0. The van der Waals surface area contributed by atoms with Crippen LogP contribution in [-0.2, 0) is 13.1 Å². The van der Waals surface area contributed by atoms with Gasteiger partial charge < -0.3 is 9.13 Å². The Morgan fingerprint density at radius 3 is 1.30 bits per heavy atom. The average Bonchev–Trinajstić information content (AvgIpc) is 3.88. The number of aromatic nitrogens is 2. The van der Waals surface area contributed by atoms with Crippen molar-refractivity contribution in [1.82, 2.24) is 9.13 Å². The Morgan fingerprint density at radius 1 is 0.543 bits per heavy atom. The molecule has 218 valence electrons. The maximum absolute atomic E-state index is 9.14. The number of fused-ring (bicyclic) bond motifs is 6. The fourth-order valence-electron chi connectivity index (χ4n) is 6.30. The van der Waals surface area contributed by atoms with Crippen LogP contribution in [0.3, 0.4) is 0 Å². The van der Waals surface area contributed by atoms with Gasteiger partial charge in [0.25, 0.3) is 0 Å². The van der Waals surface area contributed by atoms with E-state index in [0.29, 0.717) is 0 Å². The highest BCUT2D eigenvalue weighted by molar-refractivity contribution is 7.16. The van der Waals surface area contributed by atoms with Crippen molar-refractivity contribution in [2.75, 3.05) is 0 Å². The lowest BCUT2D eigenvalue weighted by Gasteiger charge is -2.05. The van der Waals surface area contributed by atoms with Crippen LogP contribution >= 0.6 is 22.7 Å². The molecule has 0 aliphatic heterocycles. The highest BCUT2D eigenvalue weighted by Gasteiger charge is 2.18. The van der Waals surface area contributed by atoms with E-state index in [1.807, 2.05) is 48.5 Å². The van der Waals surface area contributed by atoms with Gasteiger partial charge in [-0.05, 0) is 85.7 Å². The summed E-state index contributed by atoms with van der Waals surface area (Å²) >= 11 is 3.14. The first-order valence-corrected chi connectivity index (χ1v) is 16.4. The van der Waals surface area contributed by atoms with Crippen molar-refractivity contribution in [3.63, 3.8) is 0 Å². The molecule has 7 rings (SSSR count). The molecule has 4 aromatic heterocycles. The second-order valence-electron chi connectivity index (χ2n) is 10.8. The van der Waals surface area contributed by atoms with E-state index in [0.717, 1.165) is 43.7 Å². The monoisotopic (exact) mass is 628 g/mol. The van der Waals surface area contributed by atoms with Gasteiger partial charge in [-0.1, -0.05) is 24.3 Å². The Labute approximate surface area is 273 Å². The molecular weight excluding hydrogens is 605 g/mol. The van der Waals surface area contributed by atoms with Gasteiger partial charge >= 0.3 is 0 Å². The maximum Gasteiger partial charge on any atom is 0.131 e. The van der Waals surface area contributed by atoms with Gasteiger partial charge in [-0.3, -0.25) is 0 Å². The minimum absolute atomic E-state index is 0.0992. The zero-order chi connectivity index (χ0) is 31.9. The standard InChI is InChI=1S/C38H24N6S2/c1-3-43-33-15-25(37-11-7-27(45-37)13-23(19-39)20-40)5-9-29(33)31-18-36-32(17-35(31)43)30-10-6-26(16-34(30)44(36)4-2)38-12-8-28(46-38)14-24(21-41)22-42/h5-18H,3-4H2,1-2H3. The second-order valence-corrected chi connectivity index (χ2v) is 13.0. The molecule has 0 fully saturated rings. The number of aryl methyl sites for hydroxylation is 2. The quantitative estimate of drug-likeness (QED) is 0.171. The van der Waals surface area contributed by atoms with Gasteiger partial charge in [0.1, 0.15) is 35.4 Å². The van der Waals surface area contributed by atoms with Gasteiger partial charge in [0, 0.05) is 76.2 Å². The minimum Gasteiger partial charge on any atom is -0.341 e. The largest absolute Gasteiger partial charge is 0.341 e. The molecule has 0 amide bonds. The Bertz CT molecular complexity index is 2390. The summed E-state index contributed by atoms with van der Waals surface area (Å²) in [6, 6.07) is 33.6. The molecule has 0 atom stereocenters. The van der Waals surface area contributed by atoms with Crippen LogP contribution in [0.25, 0.3) is 76.6 Å². The topological polar surface area (TPSA) is 105 Å². The zero-order valence-electron chi connectivity index (χ0n) is 25.0. The lowest BCUT2D eigenvalue weighted by atomic mass is 10.1. The van der Waals surface area contributed by atoms with Gasteiger partial charge in [0.15, 0.2) is 0 Å². The normalized spacial score (nSPS) is 10.9. The van der Waals surface area contributed by atoms with Crippen molar-refractivity contribution in [2.24, 2.45) is 0 Å². The van der Waals surface area contributed by atoms with E-state index >= 15 is 0 Å². The van der Waals surface area contributed by atoms with E-state index in [4.69, 9.17) is 21.0 Å². The van der Waals surface area contributed by atoms with Crippen LogP contribution in [0.2, 0.25) is 0 Å². The molecule has 0 aliphatic carbocycles. The maximum atomic E-state index is 9.14. The summed E-state index contributed by atoms with van der Waals surface area (Å²) in [4.78, 5) is 3.94. The number of nitriles is 4. The zero-order valence-corrected chi connectivity index (χ0v) is 26.6. The summed E-state index contributed by atoms with van der Waals surface area (Å²) in [6.07, 6.45) is 3.27. The molecule has 0 aliphatic rings. The summed E-state index contributed by atoms with van der Waals surface area (Å²) in [7, 11) is 0. The third-order valence-electron chi connectivity index (χ3n) is 8.36. The van der Waals surface area contributed by atoms with E-state index in [1.165, 1.54) is 43.6 Å². The van der Waals surface area contributed by atoms with Crippen LogP contribution < -0.4 is 0 Å². The number of allylic oxidation sites excluding steroid dienone is 2. The first-order chi connectivity index (χ1) is 22.5. The van der Waals surface area contributed by atoms with Crippen LogP contribution in [0.4, 0.5) is 0 Å². The minimum atomic E-state index is 0.0992. The van der Waals surface area contributed by atoms with Crippen LogP contribution in [0.5, 0.6) is 0 Å². The molecule has 0 bridgehead atoms. The van der Waals surface area contributed by atoms with Crippen molar-refractivity contribution in [3.05, 3.63) is 93.7 Å². The smallest absolute Gasteiger partial charge is 0.131 e. The molecule has 0 saturated carbocycles. The Kier molecular flexibility index (Phi) is 7.24. The predicted molar refractivity (Wildman–Crippen MR) is 189 cm³/mol. The molecule has 3 aromatic carbocycles. The fourth-order valence-corrected chi connectivity index (χ4v) is 8.20. The summed E-state index contributed by atoms with van der Waals surface area (Å²) < 4.78 is 4.76. The third-order valence-corrected chi connectivity index (χ3v) is 10.5. The third kappa shape index (κ3) is 4.66. The molecule has 0 spiro atoms. The molecule has 6 nitrogen and oxygen atoms in total. The highest BCUT2D eigenvalue weighted by Crippen LogP contribution is 2.40. The van der Waals surface area contributed by atoms with Crippen molar-refractivity contribution < 1.29 is 0 Å². The Morgan fingerprint density at radius 2 is 0.935 bits per heavy atom. The van der Waals surface area contributed by atoms with E-state index in [9.17, 15) is 0 Å². The van der Waals surface area contributed by atoms with Crippen LogP contribution in [0.15, 0.2) is 83.9 Å². The van der Waals surface area contributed by atoms with Crippen molar-refractivity contribution >= 4 is 78.4 Å². The molecule has 7 aromatic rings. The number of hydrogen-bond acceptors (Lipinski definition) is 6. The molecule has 0 saturated heterocycles. The second kappa shape index (κ2) is 11.6. The Balaban J connectivity index is 1.36. The number of nitrogens with zero attached hydrogens (tertiary/aromatic N) is 6. The Hall–Kier alpha value is -5.90. The van der Waals surface area contributed by atoms with Gasteiger partial charge in [-0.15, -0.1) is 22.7 Å². The van der Waals surface area contributed by atoms with Crippen LogP contribution in [0, 0.1) is 45.3 Å². The van der Waals surface area contributed by atoms with Crippen LogP contribution in [0.1, 0.15) is 23.6 Å². The molecular formula is C38H24N6S2. The van der Waals surface area contributed by atoms with E-state index in [-0.39, 0.29) is 11.1 Å². The predicted octanol–water partition coefficient (Wildman–Crippen LogP) is 10.3. The van der Waals surface area contributed by atoms with E-state index in [1.54, 1.807) is 34.8 Å². The SMILES string of the molecule is CCn1c2cc(-c3ccc(C=C(C#N)C#N)s3)ccc2c2cc3c(cc21)c1ccc(-c2ccc(C=C(C#N)C#N)s2)cc1n3CC. The number of benzene rings is 3. The summed E-state index contributed by atoms with van der Waals surface area (Å²) in [5.74, 6) is 0. The van der Waals surface area contributed by atoms with Gasteiger partial charge in [-0.25, -0.2) is 0 Å². The average molecular weight is 629 g/mol. The highest BCUT2D eigenvalue weighted by atomic mass is 32.1. The lowest BCUT2D eigenvalue weighted by Crippen LogP contribution is -1.94. The first-order valence-electron chi connectivity index (χ1n) is 14.8. The summed E-state index contributed by atoms with van der Waals surface area (Å²) in [6.45, 7) is 6.01. The molecule has 0 unspecified atom stereocenters. The fraction of sp³-hybridized carbons (Fsp3) is 0.105.